The van der Waals surface area contributed by atoms with Gasteiger partial charge in [-0.15, -0.1) is 0 Å². The van der Waals surface area contributed by atoms with Gasteiger partial charge in [-0.25, -0.2) is 8.78 Å². The summed E-state index contributed by atoms with van der Waals surface area (Å²) < 4.78 is 43.2. The summed E-state index contributed by atoms with van der Waals surface area (Å²) in [5.74, 6) is -1.51. The van der Waals surface area contributed by atoms with Gasteiger partial charge in [0.1, 0.15) is 0 Å². The van der Waals surface area contributed by atoms with Crippen LogP contribution in [0.3, 0.4) is 0 Å². The second-order valence-corrected chi connectivity index (χ2v) is 5.58. The zero-order valence-electron chi connectivity index (χ0n) is 14.0. The Balaban J connectivity index is 2.25. The third-order valence-corrected chi connectivity index (χ3v) is 4.23. The first-order valence-corrected chi connectivity index (χ1v) is 7.57. The third-order valence-electron chi connectivity index (χ3n) is 4.23. The summed E-state index contributed by atoms with van der Waals surface area (Å²) in [6, 6.07) is 5.23. The van der Waals surface area contributed by atoms with Crippen LogP contribution in [-0.2, 0) is 4.79 Å². The first-order valence-electron chi connectivity index (χ1n) is 7.57. The lowest BCUT2D eigenvalue weighted by molar-refractivity contribution is -0.116. The summed E-state index contributed by atoms with van der Waals surface area (Å²) in [6.07, 6.45) is 0.0733. The van der Waals surface area contributed by atoms with Gasteiger partial charge in [0.05, 0.1) is 27.0 Å². The second kappa shape index (κ2) is 6.58. The van der Waals surface area contributed by atoms with E-state index in [1.807, 2.05) is 0 Å². The summed E-state index contributed by atoms with van der Waals surface area (Å²) in [4.78, 5) is 12.1. The first-order chi connectivity index (χ1) is 12.0. The summed E-state index contributed by atoms with van der Waals surface area (Å²) in [5.41, 5.74) is 1.59. The van der Waals surface area contributed by atoms with E-state index in [1.54, 1.807) is 6.07 Å². The molecule has 0 fully saturated rings. The van der Waals surface area contributed by atoms with E-state index in [2.05, 4.69) is 5.32 Å². The number of nitrogens with one attached hydrogen (secondary N) is 1. The van der Waals surface area contributed by atoms with Crippen molar-refractivity contribution in [1.82, 2.24) is 0 Å². The van der Waals surface area contributed by atoms with Crippen LogP contribution in [-0.4, -0.2) is 27.2 Å². The lowest BCUT2D eigenvalue weighted by Crippen LogP contribution is -2.24. The fourth-order valence-electron chi connectivity index (χ4n) is 3.13. The van der Waals surface area contributed by atoms with Crippen LogP contribution >= 0.6 is 0 Å². The van der Waals surface area contributed by atoms with Crippen molar-refractivity contribution in [3.63, 3.8) is 0 Å². The molecule has 0 saturated carbocycles. The largest absolute Gasteiger partial charge is 0.493 e. The molecular formula is C18H17F2NO4. The van der Waals surface area contributed by atoms with Gasteiger partial charge in [0, 0.05) is 24.0 Å². The maximum atomic E-state index is 13.7. The van der Waals surface area contributed by atoms with Gasteiger partial charge in [-0.2, -0.15) is 0 Å². The van der Waals surface area contributed by atoms with Crippen molar-refractivity contribution in [3.05, 3.63) is 47.0 Å². The van der Waals surface area contributed by atoms with Crippen molar-refractivity contribution >= 4 is 11.6 Å². The molecule has 0 bridgehead atoms. The minimum Gasteiger partial charge on any atom is -0.493 e. The molecule has 0 aliphatic carbocycles. The van der Waals surface area contributed by atoms with Crippen LogP contribution in [0, 0.1) is 11.6 Å². The number of anilines is 1. The molecule has 1 N–H and O–H groups in total. The van der Waals surface area contributed by atoms with Crippen LogP contribution in [0.15, 0.2) is 24.3 Å². The molecule has 1 aliphatic heterocycles. The third kappa shape index (κ3) is 2.86. The number of hydrogen-bond donors (Lipinski definition) is 1. The number of ether oxygens (including phenoxy) is 3. The molecule has 1 aliphatic rings. The maximum Gasteiger partial charge on any atom is 0.225 e. The number of halogens is 2. The minimum absolute atomic E-state index is 0.0733. The van der Waals surface area contributed by atoms with Crippen molar-refractivity contribution < 1.29 is 27.8 Å². The number of amides is 1. The van der Waals surface area contributed by atoms with Crippen LogP contribution in [0.1, 0.15) is 23.5 Å². The Labute approximate surface area is 143 Å². The van der Waals surface area contributed by atoms with Gasteiger partial charge in [-0.05, 0) is 17.7 Å². The molecule has 1 amide bonds. The number of carbonyl (C=O) groups excluding carboxylic acids is 1. The molecule has 25 heavy (non-hydrogen) atoms. The highest BCUT2D eigenvalue weighted by Gasteiger charge is 2.33. The molecule has 5 nitrogen and oxygen atoms in total. The van der Waals surface area contributed by atoms with Gasteiger partial charge in [0.15, 0.2) is 23.1 Å². The van der Waals surface area contributed by atoms with Crippen LogP contribution < -0.4 is 19.5 Å². The topological polar surface area (TPSA) is 56.8 Å². The van der Waals surface area contributed by atoms with E-state index in [1.165, 1.54) is 27.4 Å². The van der Waals surface area contributed by atoms with Crippen LogP contribution in [0.2, 0.25) is 0 Å². The first kappa shape index (κ1) is 17.0. The lowest BCUT2D eigenvalue weighted by Gasteiger charge is -2.29. The average molecular weight is 349 g/mol. The fraction of sp³-hybridized carbons (Fsp3) is 0.278. The molecule has 7 heteroatoms. The molecule has 0 unspecified atom stereocenters. The van der Waals surface area contributed by atoms with Gasteiger partial charge in [-0.1, -0.05) is 6.07 Å². The van der Waals surface area contributed by atoms with E-state index in [9.17, 15) is 13.6 Å². The number of benzene rings is 2. The van der Waals surface area contributed by atoms with Crippen molar-refractivity contribution in [2.24, 2.45) is 0 Å². The smallest absolute Gasteiger partial charge is 0.225 e. The molecule has 2 aromatic carbocycles. The molecular weight excluding hydrogens is 332 g/mol. The zero-order valence-corrected chi connectivity index (χ0v) is 14.0. The molecule has 0 aromatic heterocycles. The van der Waals surface area contributed by atoms with Crippen LogP contribution in [0.4, 0.5) is 14.5 Å². The Morgan fingerprint density at radius 2 is 1.72 bits per heavy atom. The minimum atomic E-state index is -0.968. The van der Waals surface area contributed by atoms with Crippen molar-refractivity contribution in [2.45, 2.75) is 12.3 Å². The predicted octanol–water partition coefficient (Wildman–Crippen LogP) is 3.46. The Hall–Kier alpha value is -2.83. The van der Waals surface area contributed by atoms with Crippen molar-refractivity contribution in [3.8, 4) is 17.2 Å². The molecule has 1 atom stereocenters. The van der Waals surface area contributed by atoms with Crippen LogP contribution in [0.5, 0.6) is 17.2 Å². The Bertz CT molecular complexity index is 838. The van der Waals surface area contributed by atoms with E-state index in [0.29, 0.717) is 34.1 Å². The number of methoxy groups -OCH3 is 3. The summed E-state index contributed by atoms with van der Waals surface area (Å²) in [6.45, 7) is 0. The monoisotopic (exact) mass is 349 g/mol. The number of fused-ring (bicyclic) bond motifs is 1. The van der Waals surface area contributed by atoms with Gasteiger partial charge >= 0.3 is 0 Å². The normalized spacial score (nSPS) is 16.0. The van der Waals surface area contributed by atoms with Crippen molar-refractivity contribution in [1.29, 1.82) is 0 Å². The van der Waals surface area contributed by atoms with Gasteiger partial charge in [0.2, 0.25) is 11.7 Å². The fourth-order valence-corrected chi connectivity index (χ4v) is 3.13. The molecule has 3 rings (SSSR count). The van der Waals surface area contributed by atoms with E-state index < -0.39 is 17.6 Å². The lowest BCUT2D eigenvalue weighted by atomic mass is 9.83. The quantitative estimate of drug-likeness (QED) is 0.918. The number of rotatable bonds is 4. The summed E-state index contributed by atoms with van der Waals surface area (Å²) >= 11 is 0. The highest BCUT2D eigenvalue weighted by Crippen LogP contribution is 2.51. The second-order valence-electron chi connectivity index (χ2n) is 5.58. The zero-order chi connectivity index (χ0) is 18.1. The van der Waals surface area contributed by atoms with Crippen LogP contribution in [0.25, 0.3) is 0 Å². The molecule has 0 radical (unpaired) electrons. The average Bonchev–Trinajstić information content (AvgIpc) is 2.61. The van der Waals surface area contributed by atoms with Crippen molar-refractivity contribution in [2.75, 3.05) is 26.6 Å². The molecule has 1 heterocycles. The van der Waals surface area contributed by atoms with E-state index >= 15 is 0 Å². The van der Waals surface area contributed by atoms with E-state index in [-0.39, 0.29) is 12.3 Å². The predicted molar refractivity (Wildman–Crippen MR) is 87.5 cm³/mol. The highest BCUT2D eigenvalue weighted by molar-refractivity contribution is 5.97. The maximum absolute atomic E-state index is 13.7. The molecule has 0 spiro atoms. The Kier molecular flexibility index (Phi) is 4.48. The van der Waals surface area contributed by atoms with E-state index in [4.69, 9.17) is 14.2 Å². The van der Waals surface area contributed by atoms with E-state index in [0.717, 1.165) is 12.1 Å². The molecule has 0 saturated heterocycles. The standard InChI is InChI=1S/C18H17F2NO4/c1-23-14-8-13-16(18(25-3)17(14)24-2)10(7-15(22)21-13)9-4-5-11(19)12(20)6-9/h4-6,8,10H,7H2,1-3H3,(H,21,22)/t10-/m1/s1. The summed E-state index contributed by atoms with van der Waals surface area (Å²) in [5, 5.41) is 2.76. The SMILES string of the molecule is COc1cc2c(c(OC)c1OC)[C@@H](c1ccc(F)c(F)c1)CC(=O)N2. The van der Waals surface area contributed by atoms with Gasteiger partial charge < -0.3 is 19.5 Å². The van der Waals surface area contributed by atoms with Gasteiger partial charge in [0.25, 0.3) is 0 Å². The van der Waals surface area contributed by atoms with Gasteiger partial charge in [-0.3, -0.25) is 4.79 Å². The summed E-state index contributed by atoms with van der Waals surface area (Å²) in [7, 11) is 4.41. The Morgan fingerprint density at radius 1 is 1.00 bits per heavy atom. The molecule has 2 aromatic rings. The molecule has 132 valence electrons. The highest BCUT2D eigenvalue weighted by atomic mass is 19.2. The number of carbonyl (C=O) groups is 1. The number of hydrogen-bond acceptors (Lipinski definition) is 4. The Morgan fingerprint density at radius 3 is 2.32 bits per heavy atom.